The molecule has 1 unspecified atom stereocenters. The quantitative estimate of drug-likeness (QED) is 0.792. The van der Waals surface area contributed by atoms with Gasteiger partial charge in [0.05, 0.1) is 12.8 Å². The summed E-state index contributed by atoms with van der Waals surface area (Å²) in [5, 5.41) is 12.1. The highest BCUT2D eigenvalue weighted by Gasteiger charge is 2.31. The van der Waals surface area contributed by atoms with Crippen molar-refractivity contribution in [3.8, 4) is 5.75 Å². The smallest absolute Gasteiger partial charge is 0.467 e. The Balaban J connectivity index is 1.94. The van der Waals surface area contributed by atoms with E-state index in [1.807, 2.05) is 0 Å². The highest BCUT2D eigenvalue weighted by molar-refractivity contribution is 5.92. The minimum absolute atomic E-state index is 0.0940. The molecule has 24 heavy (non-hydrogen) atoms. The first-order valence-electron chi connectivity index (χ1n) is 6.87. The van der Waals surface area contributed by atoms with Crippen LogP contribution < -0.4 is 10.1 Å². The summed E-state index contributed by atoms with van der Waals surface area (Å²) in [5.41, 5.74) is 0.0940. The predicted molar refractivity (Wildman–Crippen MR) is 78.8 cm³/mol. The molecule has 8 heteroatoms. The Morgan fingerprint density at radius 1 is 1.29 bits per heavy atom. The van der Waals surface area contributed by atoms with Crippen LogP contribution in [0, 0.1) is 0 Å². The van der Waals surface area contributed by atoms with E-state index in [1.54, 1.807) is 12.1 Å². The van der Waals surface area contributed by atoms with Gasteiger partial charge < -0.3 is 19.6 Å². The van der Waals surface area contributed by atoms with Gasteiger partial charge >= 0.3 is 6.36 Å². The molecule has 2 aromatic rings. The van der Waals surface area contributed by atoms with Gasteiger partial charge in [0.1, 0.15) is 17.6 Å². The maximum absolute atomic E-state index is 12.3. The number of hydrogen-bond donors (Lipinski definition) is 2. The molecule has 2 N–H and O–H groups in total. The molecular weight excluding hydrogens is 327 g/mol. The van der Waals surface area contributed by atoms with E-state index in [-0.39, 0.29) is 12.1 Å². The van der Waals surface area contributed by atoms with Gasteiger partial charge in [-0.15, -0.1) is 13.2 Å². The maximum Gasteiger partial charge on any atom is 0.573 e. The van der Waals surface area contributed by atoms with Crippen LogP contribution in [0.3, 0.4) is 0 Å². The average molecular weight is 341 g/mol. The third kappa shape index (κ3) is 5.47. The van der Waals surface area contributed by atoms with Crippen LogP contribution in [0.25, 0.3) is 6.08 Å². The molecule has 1 amide bonds. The van der Waals surface area contributed by atoms with Crippen LogP contribution in [-0.4, -0.2) is 23.9 Å². The van der Waals surface area contributed by atoms with E-state index in [2.05, 4.69) is 10.1 Å². The lowest BCUT2D eigenvalue weighted by molar-refractivity contribution is -0.274. The Kier molecular flexibility index (Phi) is 5.64. The number of aliphatic hydroxyl groups excluding tert-OH is 1. The van der Waals surface area contributed by atoms with Crippen molar-refractivity contribution in [1.82, 2.24) is 5.32 Å². The molecule has 128 valence electrons. The summed E-state index contributed by atoms with van der Waals surface area (Å²) in [6.07, 6.45) is -2.21. The number of alkyl halides is 3. The summed E-state index contributed by atoms with van der Waals surface area (Å²) in [7, 11) is 0. The van der Waals surface area contributed by atoms with Crippen LogP contribution in [0.4, 0.5) is 13.2 Å². The standard InChI is InChI=1S/C16H14F3NO4/c17-16(18,19)24-13-5-2-1-4-11(13)7-8-15(22)20-10-12(21)14-6-3-9-23-14/h1-9,12,21H,10H2,(H,20,22)/b8-7+. The van der Waals surface area contributed by atoms with Gasteiger partial charge in [0, 0.05) is 11.6 Å². The first-order valence-corrected chi connectivity index (χ1v) is 6.87. The van der Waals surface area contributed by atoms with Gasteiger partial charge in [-0.05, 0) is 24.3 Å². The second-order valence-electron chi connectivity index (χ2n) is 4.70. The number of carbonyl (C=O) groups is 1. The van der Waals surface area contributed by atoms with E-state index in [4.69, 9.17) is 4.42 Å². The number of nitrogens with one attached hydrogen (secondary N) is 1. The molecule has 0 aliphatic rings. The summed E-state index contributed by atoms with van der Waals surface area (Å²) in [6.45, 7) is -0.0998. The Hall–Kier alpha value is -2.74. The topological polar surface area (TPSA) is 71.7 Å². The fraction of sp³-hybridized carbons (Fsp3) is 0.188. The largest absolute Gasteiger partial charge is 0.573 e. The van der Waals surface area contributed by atoms with E-state index in [9.17, 15) is 23.1 Å². The summed E-state index contributed by atoms with van der Waals surface area (Å²) >= 11 is 0. The molecular formula is C16H14F3NO4. The molecule has 5 nitrogen and oxygen atoms in total. The Morgan fingerprint density at radius 3 is 2.71 bits per heavy atom. The predicted octanol–water partition coefficient (Wildman–Crippen LogP) is 3.04. The lowest BCUT2D eigenvalue weighted by Gasteiger charge is -2.11. The fourth-order valence-corrected chi connectivity index (χ4v) is 1.84. The summed E-state index contributed by atoms with van der Waals surface area (Å²) < 4.78 is 45.8. The molecule has 0 fully saturated rings. The average Bonchev–Trinajstić information content (AvgIpc) is 3.04. The number of amides is 1. The van der Waals surface area contributed by atoms with E-state index >= 15 is 0 Å². The van der Waals surface area contributed by atoms with Gasteiger partial charge in [0.2, 0.25) is 5.91 Å². The molecule has 0 spiro atoms. The van der Waals surface area contributed by atoms with Crippen molar-refractivity contribution in [2.75, 3.05) is 6.54 Å². The summed E-state index contributed by atoms with van der Waals surface area (Å²) in [4.78, 5) is 11.7. The Morgan fingerprint density at radius 2 is 2.04 bits per heavy atom. The molecule has 1 heterocycles. The monoisotopic (exact) mass is 341 g/mol. The highest BCUT2D eigenvalue weighted by atomic mass is 19.4. The fourth-order valence-electron chi connectivity index (χ4n) is 1.84. The number of para-hydroxylation sites is 1. The number of carbonyl (C=O) groups excluding carboxylic acids is 1. The zero-order valence-corrected chi connectivity index (χ0v) is 12.3. The number of halogens is 3. The lowest BCUT2D eigenvalue weighted by Crippen LogP contribution is -2.26. The number of rotatable bonds is 6. The van der Waals surface area contributed by atoms with E-state index < -0.39 is 24.1 Å². The minimum Gasteiger partial charge on any atom is -0.467 e. The molecule has 0 saturated carbocycles. The zero-order chi connectivity index (χ0) is 17.6. The maximum atomic E-state index is 12.3. The summed E-state index contributed by atoms with van der Waals surface area (Å²) in [5.74, 6) is -0.699. The molecule has 2 rings (SSSR count). The normalized spacial score (nSPS) is 13.0. The molecule has 0 saturated heterocycles. The SMILES string of the molecule is O=C(/C=C/c1ccccc1OC(F)(F)F)NCC(O)c1ccco1. The van der Waals surface area contributed by atoms with Gasteiger partial charge in [0.25, 0.3) is 0 Å². The number of hydrogen-bond acceptors (Lipinski definition) is 4. The van der Waals surface area contributed by atoms with Crippen LogP contribution in [-0.2, 0) is 4.79 Å². The van der Waals surface area contributed by atoms with Crippen molar-refractivity contribution in [2.24, 2.45) is 0 Å². The second kappa shape index (κ2) is 7.69. The van der Waals surface area contributed by atoms with Gasteiger partial charge in [-0.3, -0.25) is 4.79 Å². The molecule has 1 aromatic heterocycles. The van der Waals surface area contributed by atoms with Crippen LogP contribution in [0.2, 0.25) is 0 Å². The Labute approximate surface area is 135 Å². The van der Waals surface area contributed by atoms with Gasteiger partial charge in [-0.1, -0.05) is 18.2 Å². The molecule has 1 aromatic carbocycles. The molecule has 0 aliphatic heterocycles. The van der Waals surface area contributed by atoms with Crippen molar-refractivity contribution in [1.29, 1.82) is 0 Å². The lowest BCUT2D eigenvalue weighted by atomic mass is 10.2. The van der Waals surface area contributed by atoms with Crippen LogP contribution in [0.5, 0.6) is 5.75 Å². The van der Waals surface area contributed by atoms with Gasteiger partial charge in [-0.25, -0.2) is 0 Å². The van der Waals surface area contributed by atoms with Crippen molar-refractivity contribution in [2.45, 2.75) is 12.5 Å². The third-order valence-electron chi connectivity index (χ3n) is 2.90. The van der Waals surface area contributed by atoms with Crippen molar-refractivity contribution in [3.05, 3.63) is 60.1 Å². The first kappa shape index (κ1) is 17.6. The number of aliphatic hydroxyl groups is 1. The molecule has 1 atom stereocenters. The van der Waals surface area contributed by atoms with Gasteiger partial charge in [-0.2, -0.15) is 0 Å². The van der Waals surface area contributed by atoms with Crippen LogP contribution in [0.15, 0.2) is 53.2 Å². The van der Waals surface area contributed by atoms with E-state index in [1.165, 1.54) is 30.5 Å². The zero-order valence-electron chi connectivity index (χ0n) is 12.3. The third-order valence-corrected chi connectivity index (χ3v) is 2.90. The number of ether oxygens (including phenoxy) is 1. The summed E-state index contributed by atoms with van der Waals surface area (Å²) in [6, 6.07) is 8.57. The highest BCUT2D eigenvalue weighted by Crippen LogP contribution is 2.26. The van der Waals surface area contributed by atoms with Crippen molar-refractivity contribution >= 4 is 12.0 Å². The van der Waals surface area contributed by atoms with Crippen molar-refractivity contribution in [3.63, 3.8) is 0 Å². The molecule has 0 aliphatic carbocycles. The van der Waals surface area contributed by atoms with Gasteiger partial charge in [0.15, 0.2) is 0 Å². The number of benzene rings is 1. The van der Waals surface area contributed by atoms with E-state index in [0.29, 0.717) is 5.76 Å². The second-order valence-corrected chi connectivity index (χ2v) is 4.70. The molecule has 0 bridgehead atoms. The minimum atomic E-state index is -4.82. The number of furan rings is 1. The van der Waals surface area contributed by atoms with Crippen molar-refractivity contribution < 1.29 is 32.2 Å². The Bertz CT molecular complexity index is 696. The molecule has 0 radical (unpaired) electrons. The van der Waals surface area contributed by atoms with Crippen LogP contribution >= 0.6 is 0 Å². The van der Waals surface area contributed by atoms with Crippen LogP contribution in [0.1, 0.15) is 17.4 Å². The first-order chi connectivity index (χ1) is 11.3. The van der Waals surface area contributed by atoms with E-state index in [0.717, 1.165) is 12.1 Å².